The van der Waals surface area contributed by atoms with E-state index in [9.17, 15) is 13.2 Å². The Bertz CT molecular complexity index is 1160. The van der Waals surface area contributed by atoms with Crippen LogP contribution in [-0.2, 0) is 14.8 Å². The van der Waals surface area contributed by atoms with Crippen LogP contribution in [0.1, 0.15) is 24.1 Å². The molecule has 31 heavy (non-hydrogen) atoms. The van der Waals surface area contributed by atoms with Gasteiger partial charge >= 0.3 is 0 Å². The van der Waals surface area contributed by atoms with Crippen molar-refractivity contribution in [2.75, 3.05) is 11.3 Å². The number of aryl methyl sites for hydroxylation is 1. The van der Waals surface area contributed by atoms with Gasteiger partial charge in [0.15, 0.2) is 6.61 Å². The second-order valence-corrected chi connectivity index (χ2v) is 9.62. The molecule has 2 N–H and O–H groups in total. The van der Waals surface area contributed by atoms with Crippen molar-refractivity contribution in [1.82, 2.24) is 5.32 Å². The van der Waals surface area contributed by atoms with Crippen LogP contribution in [0.4, 0.5) is 5.69 Å². The summed E-state index contributed by atoms with van der Waals surface area (Å²) in [6, 6.07) is 20.6. The molecule has 0 saturated carbocycles. The molecule has 0 aromatic heterocycles. The predicted octanol–water partition coefficient (Wildman–Crippen LogP) is 4.81. The Morgan fingerprint density at radius 3 is 2.42 bits per heavy atom. The highest BCUT2D eigenvalue weighted by atomic mass is 79.9. The van der Waals surface area contributed by atoms with Crippen LogP contribution in [0.3, 0.4) is 0 Å². The van der Waals surface area contributed by atoms with Gasteiger partial charge in [-0.05, 0) is 67.4 Å². The van der Waals surface area contributed by atoms with Gasteiger partial charge in [0.1, 0.15) is 5.75 Å². The summed E-state index contributed by atoms with van der Waals surface area (Å²) in [5.74, 6) is 0.130. The minimum atomic E-state index is -3.72. The molecule has 1 amide bonds. The number of anilines is 1. The normalized spacial score (nSPS) is 12.1. The van der Waals surface area contributed by atoms with Crippen molar-refractivity contribution in [1.29, 1.82) is 0 Å². The molecule has 0 heterocycles. The van der Waals surface area contributed by atoms with E-state index in [0.717, 1.165) is 15.6 Å². The Balaban J connectivity index is 1.56. The minimum Gasteiger partial charge on any atom is -0.484 e. The fraction of sp³-hybridized carbons (Fsp3) is 0.174. The molecular formula is C23H23BrN2O4S. The summed E-state index contributed by atoms with van der Waals surface area (Å²) in [6.07, 6.45) is 0. The molecule has 0 radical (unpaired) electrons. The van der Waals surface area contributed by atoms with Gasteiger partial charge in [0.05, 0.1) is 16.6 Å². The van der Waals surface area contributed by atoms with E-state index in [4.69, 9.17) is 4.74 Å². The van der Waals surface area contributed by atoms with Gasteiger partial charge < -0.3 is 10.1 Å². The van der Waals surface area contributed by atoms with Gasteiger partial charge in [0.25, 0.3) is 15.9 Å². The first-order chi connectivity index (χ1) is 14.7. The van der Waals surface area contributed by atoms with Crippen LogP contribution in [0.25, 0.3) is 0 Å². The summed E-state index contributed by atoms with van der Waals surface area (Å²) in [5.41, 5.74) is 2.33. The number of sulfonamides is 1. The largest absolute Gasteiger partial charge is 0.484 e. The third kappa shape index (κ3) is 6.32. The van der Waals surface area contributed by atoms with Gasteiger partial charge in [0.2, 0.25) is 0 Å². The molecule has 162 valence electrons. The van der Waals surface area contributed by atoms with Crippen molar-refractivity contribution in [3.63, 3.8) is 0 Å². The Morgan fingerprint density at radius 1 is 1.03 bits per heavy atom. The van der Waals surface area contributed by atoms with E-state index in [1.165, 1.54) is 24.3 Å². The van der Waals surface area contributed by atoms with Crippen LogP contribution in [-0.4, -0.2) is 20.9 Å². The van der Waals surface area contributed by atoms with Crippen molar-refractivity contribution < 1.29 is 17.9 Å². The predicted molar refractivity (Wildman–Crippen MR) is 125 cm³/mol. The van der Waals surface area contributed by atoms with Crippen molar-refractivity contribution in [2.45, 2.75) is 24.8 Å². The molecule has 0 fully saturated rings. The maximum Gasteiger partial charge on any atom is 0.261 e. The number of nitrogens with one attached hydrogen (secondary N) is 2. The number of hydrogen-bond acceptors (Lipinski definition) is 4. The molecule has 0 bridgehead atoms. The van der Waals surface area contributed by atoms with E-state index in [1.807, 2.05) is 50.2 Å². The fourth-order valence-corrected chi connectivity index (χ4v) is 4.45. The Labute approximate surface area is 190 Å². The van der Waals surface area contributed by atoms with Crippen molar-refractivity contribution in [2.24, 2.45) is 0 Å². The third-order valence-electron chi connectivity index (χ3n) is 4.62. The monoisotopic (exact) mass is 502 g/mol. The molecule has 0 saturated heterocycles. The number of carbonyl (C=O) groups is 1. The number of benzene rings is 3. The minimum absolute atomic E-state index is 0.107. The van der Waals surface area contributed by atoms with Crippen molar-refractivity contribution >= 4 is 37.5 Å². The Morgan fingerprint density at radius 2 is 1.74 bits per heavy atom. The summed E-state index contributed by atoms with van der Waals surface area (Å²) in [4.78, 5) is 12.3. The molecule has 3 aromatic carbocycles. The zero-order valence-corrected chi connectivity index (χ0v) is 19.5. The van der Waals surface area contributed by atoms with Gasteiger partial charge in [-0.1, -0.05) is 46.3 Å². The Kier molecular flexibility index (Phi) is 7.35. The first-order valence-electron chi connectivity index (χ1n) is 9.61. The maximum absolute atomic E-state index is 12.6. The smallest absolute Gasteiger partial charge is 0.261 e. The number of ether oxygens (including phenoxy) is 1. The summed E-state index contributed by atoms with van der Waals surface area (Å²) in [7, 11) is -3.72. The van der Waals surface area contributed by atoms with E-state index in [-0.39, 0.29) is 23.5 Å². The fourth-order valence-electron chi connectivity index (χ4n) is 2.90. The highest BCUT2D eigenvalue weighted by molar-refractivity contribution is 9.10. The lowest BCUT2D eigenvalue weighted by molar-refractivity contribution is -0.123. The molecule has 0 spiro atoms. The zero-order valence-electron chi connectivity index (χ0n) is 17.1. The van der Waals surface area contributed by atoms with E-state index >= 15 is 0 Å². The van der Waals surface area contributed by atoms with Crippen LogP contribution >= 0.6 is 15.9 Å². The van der Waals surface area contributed by atoms with E-state index in [0.29, 0.717) is 11.4 Å². The van der Waals surface area contributed by atoms with Crippen molar-refractivity contribution in [3.8, 4) is 5.75 Å². The number of halogens is 1. The number of para-hydroxylation sites is 1. The van der Waals surface area contributed by atoms with Gasteiger partial charge in [-0.3, -0.25) is 9.52 Å². The highest BCUT2D eigenvalue weighted by Crippen LogP contribution is 2.22. The number of amides is 1. The molecule has 0 aliphatic carbocycles. The van der Waals surface area contributed by atoms with E-state index in [1.54, 1.807) is 12.1 Å². The van der Waals surface area contributed by atoms with E-state index < -0.39 is 10.0 Å². The molecule has 3 aromatic rings. The average molecular weight is 503 g/mol. The average Bonchev–Trinajstić information content (AvgIpc) is 2.74. The lowest BCUT2D eigenvalue weighted by atomic mass is 10.1. The summed E-state index contributed by atoms with van der Waals surface area (Å²) < 4.78 is 34.2. The number of rotatable bonds is 8. The standard InChI is InChI=1S/C23H23BrN2O4S/c1-16-6-3-4-9-22(16)26-31(28,29)21-12-10-20(11-13-21)30-15-23(27)25-17(2)18-7-5-8-19(24)14-18/h3-14,17,26H,15H2,1-2H3,(H,25,27). The molecule has 1 atom stereocenters. The maximum atomic E-state index is 12.6. The summed E-state index contributed by atoms with van der Waals surface area (Å²) in [6.45, 7) is 3.55. The van der Waals surface area contributed by atoms with Gasteiger partial charge in [-0.15, -0.1) is 0 Å². The molecule has 8 heteroatoms. The number of carbonyl (C=O) groups excluding carboxylic acids is 1. The van der Waals surface area contributed by atoms with Crippen LogP contribution in [0.5, 0.6) is 5.75 Å². The number of hydrogen-bond donors (Lipinski definition) is 2. The van der Waals surface area contributed by atoms with Gasteiger partial charge in [-0.25, -0.2) is 8.42 Å². The van der Waals surface area contributed by atoms with Gasteiger partial charge in [-0.2, -0.15) is 0 Å². The second kappa shape index (κ2) is 9.98. The first kappa shape index (κ1) is 22.8. The Hall–Kier alpha value is -2.84. The summed E-state index contributed by atoms with van der Waals surface area (Å²) >= 11 is 3.41. The van der Waals surface area contributed by atoms with Crippen LogP contribution < -0.4 is 14.8 Å². The van der Waals surface area contributed by atoms with Crippen LogP contribution in [0.2, 0.25) is 0 Å². The SMILES string of the molecule is Cc1ccccc1NS(=O)(=O)c1ccc(OCC(=O)NC(C)c2cccc(Br)c2)cc1. The topological polar surface area (TPSA) is 84.5 Å². The molecule has 6 nitrogen and oxygen atoms in total. The second-order valence-electron chi connectivity index (χ2n) is 7.02. The molecule has 1 unspecified atom stereocenters. The third-order valence-corrected chi connectivity index (χ3v) is 6.49. The molecule has 3 rings (SSSR count). The summed E-state index contributed by atoms with van der Waals surface area (Å²) in [5, 5.41) is 2.87. The zero-order chi connectivity index (χ0) is 22.4. The highest BCUT2D eigenvalue weighted by Gasteiger charge is 2.16. The first-order valence-corrected chi connectivity index (χ1v) is 11.9. The van der Waals surface area contributed by atoms with E-state index in [2.05, 4.69) is 26.0 Å². The molecule has 0 aliphatic rings. The quantitative estimate of drug-likeness (QED) is 0.462. The lowest BCUT2D eigenvalue weighted by Crippen LogP contribution is -2.31. The van der Waals surface area contributed by atoms with Crippen molar-refractivity contribution in [3.05, 3.63) is 88.4 Å². The molecular weight excluding hydrogens is 480 g/mol. The van der Waals surface area contributed by atoms with Crippen LogP contribution in [0, 0.1) is 6.92 Å². The van der Waals surface area contributed by atoms with Crippen LogP contribution in [0.15, 0.2) is 82.2 Å². The molecule has 0 aliphatic heterocycles. The lowest BCUT2D eigenvalue weighted by Gasteiger charge is -2.15. The van der Waals surface area contributed by atoms with Gasteiger partial charge in [0, 0.05) is 4.47 Å².